The predicted octanol–water partition coefficient (Wildman–Crippen LogP) is 1.32. The zero-order chi connectivity index (χ0) is 12.7. The van der Waals surface area contributed by atoms with Crippen molar-refractivity contribution >= 4 is 18.0 Å². The van der Waals surface area contributed by atoms with Gasteiger partial charge in [-0.25, -0.2) is 4.79 Å². The number of nitrogens with one attached hydrogen (secondary N) is 1. The third-order valence-corrected chi connectivity index (χ3v) is 1.98. The molecule has 0 unspecified atom stereocenters. The molecule has 1 aromatic rings. The Morgan fingerprint density at radius 2 is 2.24 bits per heavy atom. The van der Waals surface area contributed by atoms with Gasteiger partial charge in [0.25, 0.3) is 5.91 Å². The van der Waals surface area contributed by atoms with E-state index in [1.165, 1.54) is 18.5 Å². The van der Waals surface area contributed by atoms with Crippen molar-refractivity contribution in [1.82, 2.24) is 10.3 Å². The Bertz CT molecular complexity index is 441. The fraction of sp³-hybridized carbons (Fsp3) is 0.250. The van der Waals surface area contributed by atoms with E-state index < -0.39 is 5.97 Å². The van der Waals surface area contributed by atoms with E-state index in [1.807, 2.05) is 6.92 Å². The Balaban J connectivity index is 2.78. The second kappa shape index (κ2) is 6.42. The second-order valence-corrected chi connectivity index (χ2v) is 3.43. The zero-order valence-corrected chi connectivity index (χ0v) is 9.51. The summed E-state index contributed by atoms with van der Waals surface area (Å²) in [5, 5.41) is 11.2. The van der Waals surface area contributed by atoms with E-state index in [1.54, 1.807) is 6.07 Å². The first-order valence-corrected chi connectivity index (χ1v) is 5.27. The molecule has 0 aliphatic heterocycles. The van der Waals surface area contributed by atoms with E-state index in [-0.39, 0.29) is 5.91 Å². The van der Waals surface area contributed by atoms with Crippen LogP contribution in [0.5, 0.6) is 0 Å². The first-order chi connectivity index (χ1) is 8.13. The van der Waals surface area contributed by atoms with Gasteiger partial charge in [0.2, 0.25) is 0 Å². The summed E-state index contributed by atoms with van der Waals surface area (Å²) in [5.41, 5.74) is 1.00. The van der Waals surface area contributed by atoms with Crippen molar-refractivity contribution in [1.29, 1.82) is 0 Å². The largest absolute Gasteiger partial charge is 0.478 e. The fourth-order valence-corrected chi connectivity index (χ4v) is 1.18. The zero-order valence-electron chi connectivity index (χ0n) is 9.51. The summed E-state index contributed by atoms with van der Waals surface area (Å²) in [6, 6.07) is 1.59. The van der Waals surface area contributed by atoms with Crippen LogP contribution in [0.25, 0.3) is 6.08 Å². The first-order valence-electron chi connectivity index (χ1n) is 5.27. The standard InChI is InChI=1S/C12H14N2O3/c1-2-5-14-12(17)10-6-9(7-13-8-10)3-4-11(15)16/h3-4,6-8H,2,5H2,1H3,(H,14,17)(H,15,16)/b4-3+. The number of pyridine rings is 1. The quantitative estimate of drug-likeness (QED) is 0.753. The molecule has 0 aromatic carbocycles. The minimum atomic E-state index is -1.04. The molecule has 0 aliphatic rings. The van der Waals surface area contributed by atoms with Gasteiger partial charge in [-0.2, -0.15) is 0 Å². The number of hydrogen-bond donors (Lipinski definition) is 2. The van der Waals surface area contributed by atoms with Gasteiger partial charge < -0.3 is 10.4 Å². The molecule has 0 aliphatic carbocycles. The molecule has 0 bridgehead atoms. The van der Waals surface area contributed by atoms with Crippen molar-refractivity contribution in [3.05, 3.63) is 35.7 Å². The molecule has 0 radical (unpaired) electrons. The Kier molecular flexibility index (Phi) is 4.87. The van der Waals surface area contributed by atoms with Crippen LogP contribution in [0.15, 0.2) is 24.5 Å². The molecule has 0 saturated heterocycles. The van der Waals surface area contributed by atoms with Crippen molar-refractivity contribution in [2.45, 2.75) is 13.3 Å². The smallest absolute Gasteiger partial charge is 0.328 e. The van der Waals surface area contributed by atoms with Crippen LogP contribution >= 0.6 is 0 Å². The van der Waals surface area contributed by atoms with Crippen molar-refractivity contribution in [3.63, 3.8) is 0 Å². The fourth-order valence-electron chi connectivity index (χ4n) is 1.18. The van der Waals surface area contributed by atoms with Crippen LogP contribution in [0, 0.1) is 0 Å². The lowest BCUT2D eigenvalue weighted by Gasteiger charge is -2.03. The van der Waals surface area contributed by atoms with Crippen molar-refractivity contribution < 1.29 is 14.7 Å². The van der Waals surface area contributed by atoms with Gasteiger partial charge in [-0.15, -0.1) is 0 Å². The molecule has 1 aromatic heterocycles. The highest BCUT2D eigenvalue weighted by molar-refractivity contribution is 5.94. The molecule has 90 valence electrons. The van der Waals surface area contributed by atoms with E-state index in [9.17, 15) is 9.59 Å². The average Bonchev–Trinajstić information content (AvgIpc) is 2.33. The van der Waals surface area contributed by atoms with E-state index in [0.29, 0.717) is 17.7 Å². The normalized spacial score (nSPS) is 10.4. The summed E-state index contributed by atoms with van der Waals surface area (Å²) in [6.45, 7) is 2.57. The molecule has 0 spiro atoms. The SMILES string of the molecule is CCCNC(=O)c1cncc(/C=C/C(=O)O)c1. The number of carboxylic acid groups (broad SMARTS) is 1. The summed E-state index contributed by atoms with van der Waals surface area (Å²) < 4.78 is 0. The number of nitrogens with zero attached hydrogens (tertiary/aromatic N) is 1. The summed E-state index contributed by atoms with van der Waals surface area (Å²) in [4.78, 5) is 25.8. The summed E-state index contributed by atoms with van der Waals surface area (Å²) in [5.74, 6) is -1.24. The molecule has 2 N–H and O–H groups in total. The van der Waals surface area contributed by atoms with Gasteiger partial charge in [0, 0.05) is 25.0 Å². The van der Waals surface area contributed by atoms with Gasteiger partial charge in [-0.05, 0) is 24.1 Å². The molecular formula is C12H14N2O3. The maximum atomic E-state index is 11.6. The molecule has 1 rings (SSSR count). The average molecular weight is 234 g/mol. The lowest BCUT2D eigenvalue weighted by Crippen LogP contribution is -2.24. The number of carbonyl (C=O) groups is 2. The monoisotopic (exact) mass is 234 g/mol. The first kappa shape index (κ1) is 12.9. The molecular weight excluding hydrogens is 220 g/mol. The number of aliphatic carboxylic acids is 1. The molecule has 5 nitrogen and oxygen atoms in total. The lowest BCUT2D eigenvalue weighted by atomic mass is 10.2. The molecule has 0 saturated carbocycles. The molecule has 1 heterocycles. The number of carboxylic acids is 1. The van der Waals surface area contributed by atoms with Gasteiger partial charge in [0.15, 0.2) is 0 Å². The number of carbonyl (C=O) groups excluding carboxylic acids is 1. The van der Waals surface area contributed by atoms with Crippen LogP contribution in [-0.2, 0) is 4.79 Å². The third-order valence-electron chi connectivity index (χ3n) is 1.98. The van der Waals surface area contributed by atoms with Crippen LogP contribution in [0.2, 0.25) is 0 Å². The van der Waals surface area contributed by atoms with Crippen molar-refractivity contribution in [3.8, 4) is 0 Å². The topological polar surface area (TPSA) is 79.3 Å². The van der Waals surface area contributed by atoms with Gasteiger partial charge >= 0.3 is 5.97 Å². The number of aromatic nitrogens is 1. The Morgan fingerprint density at radius 3 is 2.88 bits per heavy atom. The highest BCUT2D eigenvalue weighted by Crippen LogP contribution is 2.04. The van der Waals surface area contributed by atoms with E-state index in [4.69, 9.17) is 5.11 Å². The highest BCUT2D eigenvalue weighted by Gasteiger charge is 2.04. The van der Waals surface area contributed by atoms with E-state index in [2.05, 4.69) is 10.3 Å². The molecule has 5 heteroatoms. The van der Waals surface area contributed by atoms with Crippen LogP contribution in [0.4, 0.5) is 0 Å². The van der Waals surface area contributed by atoms with Crippen LogP contribution in [0.1, 0.15) is 29.3 Å². The van der Waals surface area contributed by atoms with Crippen LogP contribution in [-0.4, -0.2) is 28.5 Å². The predicted molar refractivity (Wildman–Crippen MR) is 63.5 cm³/mol. The minimum absolute atomic E-state index is 0.204. The Labute approximate surface area is 99.2 Å². The number of amides is 1. The minimum Gasteiger partial charge on any atom is -0.478 e. The number of rotatable bonds is 5. The Hall–Kier alpha value is -2.17. The van der Waals surface area contributed by atoms with Gasteiger partial charge in [0.1, 0.15) is 0 Å². The van der Waals surface area contributed by atoms with E-state index >= 15 is 0 Å². The van der Waals surface area contributed by atoms with Gasteiger partial charge in [-0.3, -0.25) is 9.78 Å². The van der Waals surface area contributed by atoms with E-state index in [0.717, 1.165) is 12.5 Å². The maximum Gasteiger partial charge on any atom is 0.328 e. The number of hydrogen-bond acceptors (Lipinski definition) is 3. The molecule has 1 amide bonds. The Morgan fingerprint density at radius 1 is 1.47 bits per heavy atom. The molecule has 0 atom stereocenters. The summed E-state index contributed by atoms with van der Waals surface area (Å²) >= 11 is 0. The molecule has 17 heavy (non-hydrogen) atoms. The third kappa shape index (κ3) is 4.46. The van der Waals surface area contributed by atoms with Gasteiger partial charge in [0.05, 0.1) is 5.56 Å². The second-order valence-electron chi connectivity index (χ2n) is 3.43. The summed E-state index contributed by atoms with van der Waals surface area (Å²) in [7, 11) is 0. The highest BCUT2D eigenvalue weighted by atomic mass is 16.4. The summed E-state index contributed by atoms with van der Waals surface area (Å²) in [6.07, 6.45) is 6.20. The molecule has 0 fully saturated rings. The van der Waals surface area contributed by atoms with Crippen molar-refractivity contribution in [2.24, 2.45) is 0 Å². The van der Waals surface area contributed by atoms with Crippen molar-refractivity contribution in [2.75, 3.05) is 6.54 Å². The lowest BCUT2D eigenvalue weighted by molar-refractivity contribution is -0.131. The van der Waals surface area contributed by atoms with Gasteiger partial charge in [-0.1, -0.05) is 6.92 Å². The van der Waals surface area contributed by atoms with Crippen LogP contribution in [0.3, 0.4) is 0 Å². The van der Waals surface area contributed by atoms with Crippen LogP contribution < -0.4 is 5.32 Å². The maximum absolute atomic E-state index is 11.6.